The number of hydrogen-bond acceptors (Lipinski definition) is 3. The van der Waals surface area contributed by atoms with E-state index >= 15 is 0 Å². The molecule has 2 rings (SSSR count). The number of alkyl halides is 2. The molecule has 1 aliphatic heterocycles. The van der Waals surface area contributed by atoms with Gasteiger partial charge in [0.25, 0.3) is 0 Å². The van der Waals surface area contributed by atoms with Crippen LogP contribution in [0.4, 0.5) is 14.5 Å². The van der Waals surface area contributed by atoms with Crippen LogP contribution in [0.25, 0.3) is 0 Å². The summed E-state index contributed by atoms with van der Waals surface area (Å²) < 4.78 is 34.1. The number of halogens is 2. The molecule has 17 heavy (non-hydrogen) atoms. The smallest absolute Gasteiger partial charge is 0.395 e. The Bertz CT molecular complexity index is 421. The summed E-state index contributed by atoms with van der Waals surface area (Å²) in [5, 5.41) is 3.11. The highest BCUT2D eigenvalue weighted by molar-refractivity contribution is 5.55. The molecule has 1 aromatic rings. The summed E-state index contributed by atoms with van der Waals surface area (Å²) in [5.41, 5.74) is 0.731. The van der Waals surface area contributed by atoms with Gasteiger partial charge in [0, 0.05) is 18.3 Å². The molecule has 0 saturated heterocycles. The summed E-state index contributed by atoms with van der Waals surface area (Å²) in [5.74, 6) is 0.121. The van der Waals surface area contributed by atoms with Crippen molar-refractivity contribution in [1.29, 1.82) is 0 Å². The highest BCUT2D eigenvalue weighted by Gasteiger charge is 2.43. The first kappa shape index (κ1) is 11.7. The zero-order valence-corrected chi connectivity index (χ0v) is 9.21. The maximum atomic E-state index is 12.7. The molecule has 0 aliphatic carbocycles. The molecule has 0 atom stereocenters. The van der Waals surface area contributed by atoms with E-state index in [1.54, 1.807) is 6.07 Å². The Morgan fingerprint density at radius 3 is 2.82 bits per heavy atom. The third-order valence-electron chi connectivity index (χ3n) is 2.32. The maximum Gasteiger partial charge on any atom is 0.586 e. The van der Waals surface area contributed by atoms with E-state index in [0.717, 1.165) is 25.1 Å². The SMILES string of the molecule is C=CCCCNc1ccc2c(c1)OC(F)(F)O2. The molecular formula is C12H13F2NO2. The van der Waals surface area contributed by atoms with Gasteiger partial charge in [0.15, 0.2) is 11.5 Å². The quantitative estimate of drug-likeness (QED) is 0.633. The molecule has 0 aromatic heterocycles. The van der Waals surface area contributed by atoms with Gasteiger partial charge in [0.1, 0.15) is 0 Å². The number of rotatable bonds is 5. The van der Waals surface area contributed by atoms with E-state index < -0.39 is 6.29 Å². The minimum atomic E-state index is -3.55. The average Bonchev–Trinajstić information content (AvgIpc) is 2.57. The van der Waals surface area contributed by atoms with Crippen molar-refractivity contribution in [3.63, 3.8) is 0 Å². The van der Waals surface area contributed by atoms with Crippen molar-refractivity contribution in [2.75, 3.05) is 11.9 Å². The summed E-state index contributed by atoms with van der Waals surface area (Å²) >= 11 is 0. The van der Waals surface area contributed by atoms with E-state index in [4.69, 9.17) is 0 Å². The van der Waals surface area contributed by atoms with Gasteiger partial charge in [-0.15, -0.1) is 15.4 Å². The van der Waals surface area contributed by atoms with E-state index in [9.17, 15) is 8.78 Å². The van der Waals surface area contributed by atoms with Crippen LogP contribution in [0, 0.1) is 0 Å². The fraction of sp³-hybridized carbons (Fsp3) is 0.333. The Morgan fingerprint density at radius 1 is 1.29 bits per heavy atom. The molecule has 92 valence electrons. The van der Waals surface area contributed by atoms with E-state index in [0.29, 0.717) is 0 Å². The largest absolute Gasteiger partial charge is 0.586 e. The van der Waals surface area contributed by atoms with Gasteiger partial charge < -0.3 is 14.8 Å². The maximum absolute atomic E-state index is 12.7. The summed E-state index contributed by atoms with van der Waals surface area (Å²) in [4.78, 5) is 0. The predicted octanol–water partition coefficient (Wildman–Crippen LogP) is 3.39. The number of allylic oxidation sites excluding steroid dienone is 1. The first-order valence-corrected chi connectivity index (χ1v) is 5.35. The van der Waals surface area contributed by atoms with Crippen LogP contribution < -0.4 is 14.8 Å². The second-order valence-corrected chi connectivity index (χ2v) is 3.69. The number of benzene rings is 1. The summed E-state index contributed by atoms with van der Waals surface area (Å²) in [6.45, 7) is 4.37. The monoisotopic (exact) mass is 241 g/mol. The van der Waals surface area contributed by atoms with Crippen molar-refractivity contribution in [2.45, 2.75) is 19.1 Å². The van der Waals surface area contributed by atoms with Crippen molar-refractivity contribution in [3.05, 3.63) is 30.9 Å². The minimum absolute atomic E-state index is 0.0590. The molecule has 0 amide bonds. The number of fused-ring (bicyclic) bond motifs is 1. The molecule has 1 N–H and O–H groups in total. The van der Waals surface area contributed by atoms with Crippen LogP contribution in [0.15, 0.2) is 30.9 Å². The van der Waals surface area contributed by atoms with Gasteiger partial charge in [0.2, 0.25) is 0 Å². The predicted molar refractivity (Wildman–Crippen MR) is 60.6 cm³/mol. The number of anilines is 1. The fourth-order valence-corrected chi connectivity index (χ4v) is 1.54. The molecular weight excluding hydrogens is 228 g/mol. The third kappa shape index (κ3) is 2.87. The van der Waals surface area contributed by atoms with Crippen LogP contribution in [0.3, 0.4) is 0 Å². The van der Waals surface area contributed by atoms with Crippen molar-refractivity contribution in [1.82, 2.24) is 0 Å². The van der Waals surface area contributed by atoms with Crippen molar-refractivity contribution in [3.8, 4) is 11.5 Å². The molecule has 0 spiro atoms. The first-order chi connectivity index (χ1) is 8.11. The number of unbranched alkanes of at least 4 members (excludes halogenated alkanes) is 1. The van der Waals surface area contributed by atoms with Gasteiger partial charge in [-0.3, -0.25) is 0 Å². The lowest BCUT2D eigenvalue weighted by molar-refractivity contribution is -0.286. The zero-order valence-electron chi connectivity index (χ0n) is 9.21. The Balaban J connectivity index is 1.96. The number of hydrogen-bond donors (Lipinski definition) is 1. The summed E-state index contributed by atoms with van der Waals surface area (Å²) in [6, 6.07) is 4.65. The van der Waals surface area contributed by atoms with E-state index in [1.165, 1.54) is 12.1 Å². The molecule has 3 nitrogen and oxygen atoms in total. The summed E-state index contributed by atoms with van der Waals surface area (Å²) in [7, 11) is 0. The first-order valence-electron chi connectivity index (χ1n) is 5.35. The van der Waals surface area contributed by atoms with Gasteiger partial charge in [-0.2, -0.15) is 0 Å². The minimum Gasteiger partial charge on any atom is -0.395 e. The van der Waals surface area contributed by atoms with Gasteiger partial charge in [0.05, 0.1) is 0 Å². The van der Waals surface area contributed by atoms with Crippen LogP contribution in [-0.2, 0) is 0 Å². The molecule has 0 saturated carbocycles. The van der Waals surface area contributed by atoms with Crippen LogP contribution >= 0.6 is 0 Å². The Morgan fingerprint density at radius 2 is 2.06 bits per heavy atom. The Kier molecular flexibility index (Phi) is 3.17. The van der Waals surface area contributed by atoms with Crippen LogP contribution in [0.1, 0.15) is 12.8 Å². The molecule has 0 radical (unpaired) electrons. The lowest BCUT2D eigenvalue weighted by Gasteiger charge is -2.06. The van der Waals surface area contributed by atoms with Crippen LogP contribution in [-0.4, -0.2) is 12.8 Å². The highest BCUT2D eigenvalue weighted by Crippen LogP contribution is 2.42. The molecule has 0 unspecified atom stereocenters. The molecule has 5 heteroatoms. The van der Waals surface area contributed by atoms with Crippen LogP contribution in [0.2, 0.25) is 0 Å². The van der Waals surface area contributed by atoms with Gasteiger partial charge in [-0.25, -0.2) is 0 Å². The van der Waals surface area contributed by atoms with Crippen LogP contribution in [0.5, 0.6) is 11.5 Å². The molecule has 1 aliphatic rings. The second kappa shape index (κ2) is 4.61. The van der Waals surface area contributed by atoms with Gasteiger partial charge in [-0.05, 0) is 25.0 Å². The number of ether oxygens (including phenoxy) is 2. The molecule has 1 aromatic carbocycles. The molecule has 0 fully saturated rings. The van der Waals surface area contributed by atoms with E-state index in [-0.39, 0.29) is 11.5 Å². The summed E-state index contributed by atoms with van der Waals surface area (Å²) in [6.07, 6.45) is 0.134. The topological polar surface area (TPSA) is 30.5 Å². The van der Waals surface area contributed by atoms with E-state index in [2.05, 4.69) is 21.4 Å². The Labute approximate surface area is 98.0 Å². The Hall–Kier alpha value is -1.78. The lowest BCUT2D eigenvalue weighted by atomic mass is 10.2. The average molecular weight is 241 g/mol. The second-order valence-electron chi connectivity index (χ2n) is 3.69. The number of nitrogens with one attached hydrogen (secondary N) is 1. The van der Waals surface area contributed by atoms with Crippen molar-refractivity contribution in [2.24, 2.45) is 0 Å². The third-order valence-corrected chi connectivity index (χ3v) is 2.32. The van der Waals surface area contributed by atoms with Crippen molar-refractivity contribution < 1.29 is 18.3 Å². The normalized spacial score (nSPS) is 15.6. The fourth-order valence-electron chi connectivity index (χ4n) is 1.54. The van der Waals surface area contributed by atoms with E-state index in [1.807, 2.05) is 6.08 Å². The van der Waals surface area contributed by atoms with Gasteiger partial charge >= 0.3 is 6.29 Å². The van der Waals surface area contributed by atoms with Crippen molar-refractivity contribution >= 4 is 5.69 Å². The highest BCUT2D eigenvalue weighted by atomic mass is 19.3. The van der Waals surface area contributed by atoms with Gasteiger partial charge in [-0.1, -0.05) is 6.08 Å². The zero-order chi connectivity index (χ0) is 12.3. The lowest BCUT2D eigenvalue weighted by Crippen LogP contribution is -2.25. The molecule has 1 heterocycles. The standard InChI is InChI=1S/C12H13F2NO2/c1-2-3-4-7-15-9-5-6-10-11(8-9)17-12(13,14)16-10/h2,5-6,8,15H,1,3-4,7H2. The molecule has 0 bridgehead atoms.